The number of phenolic OH excluding ortho intramolecular Hbond substituents is 1. The second-order valence-electron chi connectivity index (χ2n) is 12.5. The summed E-state index contributed by atoms with van der Waals surface area (Å²) in [4.78, 5) is 17.5. The van der Waals surface area contributed by atoms with Gasteiger partial charge in [0.2, 0.25) is 0 Å². The highest BCUT2D eigenvalue weighted by atomic mass is 16.6. The van der Waals surface area contributed by atoms with Crippen molar-refractivity contribution in [3.63, 3.8) is 0 Å². The number of nitrogens with one attached hydrogen (secondary N) is 1. The normalized spacial score (nSPS) is 13.1. The van der Waals surface area contributed by atoms with Crippen LogP contribution in [0.2, 0.25) is 0 Å². The highest BCUT2D eigenvalue weighted by molar-refractivity contribution is 6.13. The molecule has 260 valence electrons. The Kier molecular flexibility index (Phi) is 11.8. The second kappa shape index (κ2) is 17.2. The first-order chi connectivity index (χ1) is 25.0. The molecule has 2 N–H and O–H groups in total. The van der Waals surface area contributed by atoms with Crippen LogP contribution in [0, 0.1) is 0 Å². The number of aromatic hydroxyl groups is 1. The minimum absolute atomic E-state index is 0.0872. The molecule has 1 heterocycles. The number of carbonyl (C=O) groups excluding carboxylic acids is 1. The van der Waals surface area contributed by atoms with Gasteiger partial charge in [0.15, 0.2) is 17.8 Å². The van der Waals surface area contributed by atoms with E-state index in [9.17, 15) is 9.90 Å². The van der Waals surface area contributed by atoms with Crippen molar-refractivity contribution in [1.29, 1.82) is 0 Å². The molecule has 1 atom stereocenters. The monoisotopic (exact) mass is 680 g/mol. The van der Waals surface area contributed by atoms with Gasteiger partial charge in [-0.2, -0.15) is 5.12 Å². The van der Waals surface area contributed by atoms with E-state index in [1.807, 2.05) is 72.8 Å². The summed E-state index contributed by atoms with van der Waals surface area (Å²) in [6.45, 7) is 4.21. The molecule has 0 aromatic heterocycles. The number of hydrazone groups is 1. The van der Waals surface area contributed by atoms with Gasteiger partial charge in [0.25, 0.3) is 0 Å². The number of carbonyl (C=O) groups is 1. The molecule has 0 bridgehead atoms. The van der Waals surface area contributed by atoms with E-state index in [0.717, 1.165) is 52.6 Å². The van der Waals surface area contributed by atoms with Crippen LogP contribution in [0.3, 0.4) is 0 Å². The fourth-order valence-corrected chi connectivity index (χ4v) is 5.81. The van der Waals surface area contributed by atoms with E-state index < -0.39 is 12.1 Å². The first kappa shape index (κ1) is 35.0. The lowest BCUT2D eigenvalue weighted by atomic mass is 10.0. The number of hydrogen-bond donors (Lipinski definition) is 2. The minimum atomic E-state index is -0.829. The van der Waals surface area contributed by atoms with Crippen LogP contribution in [-0.2, 0) is 9.53 Å². The van der Waals surface area contributed by atoms with Gasteiger partial charge in [-0.3, -0.25) is 5.43 Å². The number of hydrogen-bond acceptors (Lipinski definition) is 8. The van der Waals surface area contributed by atoms with Crippen LogP contribution >= 0.6 is 0 Å². The predicted molar refractivity (Wildman–Crippen MR) is 205 cm³/mol. The van der Waals surface area contributed by atoms with Crippen molar-refractivity contribution < 1.29 is 19.4 Å². The number of phenols is 1. The number of anilines is 1. The maximum atomic E-state index is 12.6. The molecule has 0 saturated heterocycles. The highest BCUT2D eigenvalue weighted by Gasteiger charge is 2.23. The van der Waals surface area contributed by atoms with Crippen molar-refractivity contribution in [2.24, 2.45) is 10.1 Å². The number of benzene rings is 5. The van der Waals surface area contributed by atoms with Crippen molar-refractivity contribution >= 4 is 23.3 Å². The van der Waals surface area contributed by atoms with Crippen molar-refractivity contribution in [1.82, 2.24) is 5.43 Å². The molecule has 0 amide bonds. The third-order valence-electron chi connectivity index (χ3n) is 8.70. The third kappa shape index (κ3) is 9.22. The van der Waals surface area contributed by atoms with Gasteiger partial charge >= 0.3 is 5.97 Å². The molecule has 8 heteroatoms. The first-order valence-corrected chi connectivity index (χ1v) is 17.7. The van der Waals surface area contributed by atoms with E-state index in [1.165, 1.54) is 30.4 Å². The Morgan fingerprint density at radius 3 is 1.86 bits per heavy atom. The van der Waals surface area contributed by atoms with Gasteiger partial charge in [0, 0.05) is 17.2 Å². The molecular weight excluding hydrogens is 636 g/mol. The summed E-state index contributed by atoms with van der Waals surface area (Å²) in [7, 11) is 0. The molecule has 0 fully saturated rings. The number of ether oxygens (including phenoxy) is 2. The maximum absolute atomic E-state index is 12.6. The summed E-state index contributed by atoms with van der Waals surface area (Å²) in [5, 5.41) is 17.5. The van der Waals surface area contributed by atoms with E-state index in [2.05, 4.69) is 48.7 Å². The molecule has 5 aromatic carbocycles. The van der Waals surface area contributed by atoms with Gasteiger partial charge in [-0.05, 0) is 47.7 Å². The highest BCUT2D eigenvalue weighted by Crippen LogP contribution is 2.33. The molecule has 6 rings (SSSR count). The zero-order chi connectivity index (χ0) is 35.4. The van der Waals surface area contributed by atoms with Crippen LogP contribution in [0.5, 0.6) is 11.5 Å². The van der Waals surface area contributed by atoms with Crippen LogP contribution in [0.4, 0.5) is 5.69 Å². The van der Waals surface area contributed by atoms with Crippen LogP contribution < -0.4 is 15.3 Å². The Morgan fingerprint density at radius 1 is 0.706 bits per heavy atom. The molecule has 0 saturated carbocycles. The minimum Gasteiger partial charge on any atom is -0.505 e. The fourth-order valence-electron chi connectivity index (χ4n) is 5.81. The van der Waals surface area contributed by atoms with E-state index in [0.29, 0.717) is 29.7 Å². The lowest BCUT2D eigenvalue weighted by molar-refractivity contribution is -0.151. The Labute approximate surface area is 300 Å². The van der Waals surface area contributed by atoms with Crippen LogP contribution in [0.25, 0.3) is 22.3 Å². The molecule has 8 nitrogen and oxygen atoms in total. The Bertz CT molecular complexity index is 1940. The summed E-state index contributed by atoms with van der Waals surface area (Å²) in [5.74, 6) is 0.848. The lowest BCUT2D eigenvalue weighted by Crippen LogP contribution is -2.43. The summed E-state index contributed by atoms with van der Waals surface area (Å²) >= 11 is 0. The van der Waals surface area contributed by atoms with Crippen molar-refractivity contribution in [2.75, 3.05) is 11.7 Å². The number of aliphatic imine (C=N–C) groups is 1. The summed E-state index contributed by atoms with van der Waals surface area (Å²) < 4.78 is 11.3. The first-order valence-electron chi connectivity index (χ1n) is 17.7. The van der Waals surface area contributed by atoms with Gasteiger partial charge in [-0.15, -0.1) is 5.10 Å². The fraction of sp³-hybridized carbons (Fsp3) is 0.233. The van der Waals surface area contributed by atoms with Gasteiger partial charge in [0.05, 0.1) is 6.61 Å². The topological polar surface area (TPSA) is 95.8 Å². The van der Waals surface area contributed by atoms with E-state index in [-0.39, 0.29) is 5.75 Å². The Hall–Kier alpha value is -5.89. The molecule has 5 aromatic rings. The van der Waals surface area contributed by atoms with Crippen molar-refractivity contribution in [3.8, 4) is 33.8 Å². The smallest absolute Gasteiger partial charge is 0.347 e. The molecular formula is C43H44N4O4. The average Bonchev–Trinajstić information content (AvgIpc) is 3.18. The van der Waals surface area contributed by atoms with Gasteiger partial charge in [-0.1, -0.05) is 148 Å². The number of rotatable bonds is 15. The summed E-state index contributed by atoms with van der Waals surface area (Å²) in [6, 6.07) is 41.5. The lowest BCUT2D eigenvalue weighted by Gasteiger charge is -2.27. The zero-order valence-corrected chi connectivity index (χ0v) is 29.2. The van der Waals surface area contributed by atoms with Crippen LogP contribution in [0.15, 0.2) is 137 Å². The SMILES string of the molecule is CCCCCCCCOC(=O)C(C)Oc1ccc(N2N=C(c3ccc(-c4ccccc4)cc3)N=C(c3ccc(-c4ccccc4)cc3)N2)c(O)c1. The van der Waals surface area contributed by atoms with E-state index in [4.69, 9.17) is 19.6 Å². The van der Waals surface area contributed by atoms with Crippen molar-refractivity contribution in [2.45, 2.75) is 58.5 Å². The van der Waals surface area contributed by atoms with Crippen LogP contribution in [-0.4, -0.2) is 35.5 Å². The van der Waals surface area contributed by atoms with E-state index >= 15 is 0 Å². The molecule has 0 spiro atoms. The van der Waals surface area contributed by atoms with Gasteiger partial charge < -0.3 is 14.6 Å². The standard InChI is InChI=1S/C43H44N4O4/c1-3-4-5-6-7-14-29-50-43(49)31(2)51-38-27-28-39(40(48)30-38)47-45-41(36-23-19-34(20-24-36)32-15-10-8-11-16-32)44-42(46-47)37-25-21-35(22-26-37)33-17-12-9-13-18-33/h8-13,15-28,30-31,48H,3-7,14,29H2,1-2H3,(H,44,45,46). The molecule has 51 heavy (non-hydrogen) atoms. The Morgan fingerprint density at radius 2 is 1.25 bits per heavy atom. The molecule has 0 aliphatic carbocycles. The molecule has 1 aliphatic rings. The largest absolute Gasteiger partial charge is 0.505 e. The summed E-state index contributed by atoms with van der Waals surface area (Å²) in [6.07, 6.45) is 5.84. The number of unbranched alkanes of at least 4 members (excludes halogenated alkanes) is 5. The number of hydrazine groups is 1. The average molecular weight is 681 g/mol. The van der Waals surface area contributed by atoms with Crippen molar-refractivity contribution in [3.05, 3.63) is 139 Å². The predicted octanol–water partition coefficient (Wildman–Crippen LogP) is 9.53. The summed E-state index contributed by atoms with van der Waals surface area (Å²) in [5.41, 5.74) is 9.72. The third-order valence-corrected chi connectivity index (χ3v) is 8.70. The Balaban J connectivity index is 1.20. The molecule has 1 aliphatic heterocycles. The zero-order valence-electron chi connectivity index (χ0n) is 29.2. The molecule has 1 unspecified atom stereocenters. The maximum Gasteiger partial charge on any atom is 0.347 e. The number of esters is 1. The van der Waals surface area contributed by atoms with Crippen LogP contribution in [0.1, 0.15) is 63.5 Å². The van der Waals surface area contributed by atoms with Gasteiger partial charge in [-0.25, -0.2) is 9.79 Å². The quantitative estimate of drug-likeness (QED) is 0.0845. The second-order valence-corrected chi connectivity index (χ2v) is 12.5. The molecule has 0 radical (unpaired) electrons. The van der Waals surface area contributed by atoms with Gasteiger partial charge in [0.1, 0.15) is 17.2 Å². The van der Waals surface area contributed by atoms with E-state index in [1.54, 1.807) is 19.1 Å². The number of nitrogens with zero attached hydrogens (tertiary/aromatic N) is 3. The number of amidine groups is 2.